The zero-order valence-electron chi connectivity index (χ0n) is 9.57. The molecule has 0 aromatic carbocycles. The minimum absolute atomic E-state index is 0.0344. The maximum Gasteiger partial charge on any atom is 0.237 e. The Morgan fingerprint density at radius 3 is 2.56 bits per heavy atom. The molecule has 1 fully saturated rings. The molecule has 0 spiro atoms. The molecule has 5 nitrogen and oxygen atoms in total. The van der Waals surface area contributed by atoms with Gasteiger partial charge in [0, 0.05) is 19.0 Å². The summed E-state index contributed by atoms with van der Waals surface area (Å²) in [6.45, 7) is 3.37. The fraction of sp³-hybridized carbons (Fsp3) is 0.800. The molecule has 1 saturated heterocycles. The summed E-state index contributed by atoms with van der Waals surface area (Å²) in [5.74, 6) is 6.61. The number of nitrogens with two attached hydrogens (primary N) is 1. The van der Waals surface area contributed by atoms with Crippen LogP contribution in [0, 0.1) is 5.92 Å². The molecule has 1 rings (SSSR count). The molecule has 0 bridgehead atoms. The predicted octanol–water partition coefficient (Wildman–Crippen LogP) is -0.0320. The highest BCUT2D eigenvalue weighted by molar-refractivity contribution is 7.99. The first-order valence-electron chi connectivity index (χ1n) is 5.55. The smallest absolute Gasteiger partial charge is 0.237 e. The first kappa shape index (κ1) is 13.3. The quantitative estimate of drug-likeness (QED) is 0.414. The summed E-state index contributed by atoms with van der Waals surface area (Å²) >= 11 is 1.63. The summed E-state index contributed by atoms with van der Waals surface area (Å²) < 4.78 is 0. The molecule has 6 heteroatoms. The Morgan fingerprint density at radius 1 is 1.44 bits per heavy atom. The molecule has 92 valence electrons. The highest BCUT2D eigenvalue weighted by Gasteiger charge is 2.26. The molecule has 2 amide bonds. The van der Waals surface area contributed by atoms with Crippen molar-refractivity contribution in [2.75, 3.05) is 24.6 Å². The lowest BCUT2D eigenvalue weighted by Gasteiger charge is -2.30. The SMILES string of the molecule is CCSCC(=O)N1CCC(C(=O)NN)CC1. The fourth-order valence-electron chi connectivity index (χ4n) is 1.79. The molecule has 16 heavy (non-hydrogen) atoms. The highest BCUT2D eigenvalue weighted by Crippen LogP contribution is 2.17. The van der Waals surface area contributed by atoms with E-state index in [9.17, 15) is 9.59 Å². The van der Waals surface area contributed by atoms with Crippen molar-refractivity contribution in [3.05, 3.63) is 0 Å². The van der Waals surface area contributed by atoms with Gasteiger partial charge in [-0.3, -0.25) is 15.0 Å². The van der Waals surface area contributed by atoms with Crippen molar-refractivity contribution < 1.29 is 9.59 Å². The molecule has 0 atom stereocenters. The normalized spacial score (nSPS) is 17.2. The van der Waals surface area contributed by atoms with Gasteiger partial charge in [-0.15, -0.1) is 0 Å². The number of likely N-dealkylation sites (tertiary alicyclic amines) is 1. The van der Waals surface area contributed by atoms with E-state index < -0.39 is 0 Å². The highest BCUT2D eigenvalue weighted by atomic mass is 32.2. The van der Waals surface area contributed by atoms with E-state index in [1.54, 1.807) is 11.8 Å². The zero-order chi connectivity index (χ0) is 12.0. The number of nitrogens with one attached hydrogen (secondary N) is 1. The van der Waals surface area contributed by atoms with Gasteiger partial charge in [-0.25, -0.2) is 5.84 Å². The van der Waals surface area contributed by atoms with Gasteiger partial charge in [0.05, 0.1) is 5.75 Å². The Bertz CT molecular complexity index is 252. The number of piperidine rings is 1. The summed E-state index contributed by atoms with van der Waals surface area (Å²) in [7, 11) is 0. The van der Waals surface area contributed by atoms with E-state index in [0.29, 0.717) is 31.7 Å². The minimum Gasteiger partial charge on any atom is -0.342 e. The Hall–Kier alpha value is -0.750. The van der Waals surface area contributed by atoms with Crippen molar-refractivity contribution in [3.63, 3.8) is 0 Å². The standard InChI is InChI=1S/C10H19N3O2S/c1-2-16-7-9(14)13-5-3-8(4-6-13)10(15)12-11/h8H,2-7,11H2,1H3,(H,12,15). The third-order valence-corrected chi connectivity index (χ3v) is 3.65. The lowest BCUT2D eigenvalue weighted by atomic mass is 9.96. The van der Waals surface area contributed by atoms with Gasteiger partial charge >= 0.3 is 0 Å². The second-order valence-corrected chi connectivity index (χ2v) is 5.08. The molecule has 0 aromatic heterocycles. The maximum absolute atomic E-state index is 11.7. The summed E-state index contributed by atoms with van der Waals surface area (Å²) in [4.78, 5) is 24.8. The first-order valence-corrected chi connectivity index (χ1v) is 6.70. The van der Waals surface area contributed by atoms with E-state index >= 15 is 0 Å². The Kier molecular flexibility index (Phi) is 5.62. The molecular weight excluding hydrogens is 226 g/mol. The molecule has 1 heterocycles. The second kappa shape index (κ2) is 6.75. The van der Waals surface area contributed by atoms with Crippen LogP contribution in [-0.2, 0) is 9.59 Å². The molecule has 0 aromatic rings. The lowest BCUT2D eigenvalue weighted by Crippen LogP contribution is -2.45. The number of thioether (sulfide) groups is 1. The molecule has 3 N–H and O–H groups in total. The Balaban J connectivity index is 2.31. The van der Waals surface area contributed by atoms with Crippen molar-refractivity contribution in [1.29, 1.82) is 0 Å². The monoisotopic (exact) mass is 245 g/mol. The van der Waals surface area contributed by atoms with E-state index in [-0.39, 0.29) is 17.7 Å². The molecule has 0 aliphatic carbocycles. The number of hydrogen-bond donors (Lipinski definition) is 2. The molecule has 0 saturated carbocycles. The van der Waals surface area contributed by atoms with Crippen LogP contribution in [0.15, 0.2) is 0 Å². The van der Waals surface area contributed by atoms with Crippen LogP contribution in [0.4, 0.5) is 0 Å². The van der Waals surface area contributed by atoms with Gasteiger partial charge < -0.3 is 4.90 Å². The predicted molar refractivity (Wildman–Crippen MR) is 64.6 cm³/mol. The topological polar surface area (TPSA) is 75.4 Å². The summed E-state index contributed by atoms with van der Waals surface area (Å²) in [5.41, 5.74) is 2.17. The Labute approximate surface area is 100 Å². The maximum atomic E-state index is 11.7. The van der Waals surface area contributed by atoms with Gasteiger partial charge in [-0.1, -0.05) is 6.92 Å². The van der Waals surface area contributed by atoms with Crippen LogP contribution in [0.2, 0.25) is 0 Å². The van der Waals surface area contributed by atoms with Crippen LogP contribution < -0.4 is 11.3 Å². The minimum atomic E-state index is -0.116. The van der Waals surface area contributed by atoms with Crippen molar-refractivity contribution >= 4 is 23.6 Å². The summed E-state index contributed by atoms with van der Waals surface area (Å²) in [6, 6.07) is 0. The van der Waals surface area contributed by atoms with Crippen LogP contribution in [0.25, 0.3) is 0 Å². The molecule has 1 aliphatic heterocycles. The Morgan fingerprint density at radius 2 is 2.06 bits per heavy atom. The van der Waals surface area contributed by atoms with Crippen LogP contribution in [0.3, 0.4) is 0 Å². The lowest BCUT2D eigenvalue weighted by molar-refractivity contribution is -0.133. The van der Waals surface area contributed by atoms with E-state index in [1.165, 1.54) is 0 Å². The van der Waals surface area contributed by atoms with Gasteiger partial charge in [-0.05, 0) is 18.6 Å². The van der Waals surface area contributed by atoms with Crippen LogP contribution in [-0.4, -0.2) is 41.3 Å². The molecule has 0 unspecified atom stereocenters. The van der Waals surface area contributed by atoms with Crippen LogP contribution in [0.1, 0.15) is 19.8 Å². The average Bonchev–Trinajstić information content (AvgIpc) is 2.35. The van der Waals surface area contributed by atoms with E-state index in [2.05, 4.69) is 5.43 Å². The van der Waals surface area contributed by atoms with Gasteiger partial charge in [0.1, 0.15) is 0 Å². The third-order valence-electron chi connectivity index (χ3n) is 2.79. The van der Waals surface area contributed by atoms with Crippen LogP contribution >= 0.6 is 11.8 Å². The second-order valence-electron chi connectivity index (χ2n) is 3.80. The number of carbonyl (C=O) groups excluding carboxylic acids is 2. The van der Waals surface area contributed by atoms with E-state index in [0.717, 1.165) is 5.75 Å². The average molecular weight is 245 g/mol. The van der Waals surface area contributed by atoms with Gasteiger partial charge in [0.15, 0.2) is 0 Å². The zero-order valence-corrected chi connectivity index (χ0v) is 10.4. The van der Waals surface area contributed by atoms with Gasteiger partial charge in [-0.2, -0.15) is 11.8 Å². The van der Waals surface area contributed by atoms with Crippen molar-refractivity contribution in [1.82, 2.24) is 10.3 Å². The number of hydrazine groups is 1. The number of rotatable bonds is 4. The molecule has 0 radical (unpaired) electrons. The van der Waals surface area contributed by atoms with E-state index in [4.69, 9.17) is 5.84 Å². The van der Waals surface area contributed by atoms with Crippen molar-refractivity contribution in [2.45, 2.75) is 19.8 Å². The van der Waals surface area contributed by atoms with Crippen LogP contribution in [0.5, 0.6) is 0 Å². The van der Waals surface area contributed by atoms with Crippen molar-refractivity contribution in [3.8, 4) is 0 Å². The van der Waals surface area contributed by atoms with Crippen molar-refractivity contribution in [2.24, 2.45) is 11.8 Å². The fourth-order valence-corrected chi connectivity index (χ4v) is 2.35. The largest absolute Gasteiger partial charge is 0.342 e. The summed E-state index contributed by atoms with van der Waals surface area (Å²) in [5, 5.41) is 0. The van der Waals surface area contributed by atoms with Gasteiger partial charge in [0.2, 0.25) is 11.8 Å². The van der Waals surface area contributed by atoms with Gasteiger partial charge in [0.25, 0.3) is 0 Å². The molecular formula is C10H19N3O2S. The third kappa shape index (κ3) is 3.68. The number of hydrogen-bond acceptors (Lipinski definition) is 4. The first-order chi connectivity index (χ1) is 7.69. The summed E-state index contributed by atoms with van der Waals surface area (Å²) in [6.07, 6.45) is 1.43. The number of carbonyl (C=O) groups is 2. The van der Waals surface area contributed by atoms with E-state index in [1.807, 2.05) is 11.8 Å². The number of amides is 2. The molecule has 1 aliphatic rings. The number of nitrogens with zero attached hydrogens (tertiary/aromatic N) is 1.